The Labute approximate surface area is 131 Å². The summed E-state index contributed by atoms with van der Waals surface area (Å²) in [4.78, 5) is 24.2. The quantitative estimate of drug-likeness (QED) is 0.836. The van der Waals surface area contributed by atoms with E-state index >= 15 is 0 Å². The Morgan fingerprint density at radius 3 is 2.70 bits per heavy atom. The molecule has 120 valence electrons. The molecule has 0 saturated carbocycles. The molecule has 0 spiro atoms. The summed E-state index contributed by atoms with van der Waals surface area (Å²) in [5.41, 5.74) is 0.825. The first kappa shape index (κ1) is 15.0. The van der Waals surface area contributed by atoms with E-state index in [0.29, 0.717) is 11.3 Å². The molecule has 0 aromatic heterocycles. The minimum absolute atomic E-state index is 0.0951. The van der Waals surface area contributed by atoms with Crippen LogP contribution in [0.15, 0.2) is 23.7 Å². The monoisotopic (exact) mass is 318 g/mol. The van der Waals surface area contributed by atoms with E-state index < -0.39 is 11.9 Å². The lowest BCUT2D eigenvalue weighted by atomic mass is 9.92. The minimum Gasteiger partial charge on any atom is -0.507 e. The van der Waals surface area contributed by atoms with E-state index in [1.54, 1.807) is 6.92 Å². The summed E-state index contributed by atoms with van der Waals surface area (Å²) in [7, 11) is 2.61. The van der Waals surface area contributed by atoms with Gasteiger partial charge in [0.05, 0.1) is 14.2 Å². The Balaban J connectivity index is 2.44. The van der Waals surface area contributed by atoms with Crippen LogP contribution in [0.4, 0.5) is 0 Å². The number of cyclic esters (lactones) is 1. The van der Waals surface area contributed by atoms with Crippen LogP contribution in [0, 0.1) is 0 Å². The Morgan fingerprint density at radius 1 is 1.30 bits per heavy atom. The first-order valence-corrected chi connectivity index (χ1v) is 6.77. The number of aliphatic hydroxyl groups excluding tert-OH is 1. The van der Waals surface area contributed by atoms with E-state index in [1.165, 1.54) is 26.4 Å². The van der Waals surface area contributed by atoms with Crippen molar-refractivity contribution in [3.63, 3.8) is 0 Å². The molecule has 7 nitrogen and oxygen atoms in total. The third-order valence-corrected chi connectivity index (χ3v) is 3.63. The van der Waals surface area contributed by atoms with Gasteiger partial charge < -0.3 is 24.1 Å². The number of carbonyl (C=O) groups excluding carboxylic acids is 2. The number of allylic oxidation sites excluding steroid dienone is 2. The minimum atomic E-state index is -0.645. The summed E-state index contributed by atoms with van der Waals surface area (Å²) < 4.78 is 20.7. The van der Waals surface area contributed by atoms with Gasteiger partial charge in [0.25, 0.3) is 0 Å². The number of carbonyl (C=O) groups is 2. The van der Waals surface area contributed by atoms with Gasteiger partial charge in [-0.15, -0.1) is 0 Å². The van der Waals surface area contributed by atoms with Gasteiger partial charge >= 0.3 is 11.9 Å². The fourth-order valence-corrected chi connectivity index (χ4v) is 2.61. The van der Waals surface area contributed by atoms with Crippen molar-refractivity contribution in [2.24, 2.45) is 0 Å². The lowest BCUT2D eigenvalue weighted by Gasteiger charge is -2.24. The van der Waals surface area contributed by atoms with Crippen LogP contribution in [0.5, 0.6) is 11.5 Å². The highest BCUT2D eigenvalue weighted by molar-refractivity contribution is 6.07. The molecular formula is C16H14O7. The van der Waals surface area contributed by atoms with E-state index in [9.17, 15) is 14.7 Å². The van der Waals surface area contributed by atoms with Gasteiger partial charge in [-0.2, -0.15) is 0 Å². The third-order valence-electron chi connectivity index (χ3n) is 3.63. The highest BCUT2D eigenvalue weighted by Gasteiger charge is 2.36. The average Bonchev–Trinajstić information content (AvgIpc) is 2.66. The molecule has 2 heterocycles. The van der Waals surface area contributed by atoms with Gasteiger partial charge in [-0.05, 0) is 13.0 Å². The predicted molar refractivity (Wildman–Crippen MR) is 78.5 cm³/mol. The van der Waals surface area contributed by atoms with Crippen molar-refractivity contribution in [1.29, 1.82) is 0 Å². The van der Waals surface area contributed by atoms with E-state index in [1.807, 2.05) is 0 Å². The Hall–Kier alpha value is -2.96. The fourth-order valence-electron chi connectivity index (χ4n) is 2.61. The number of aliphatic hydroxyl groups is 1. The van der Waals surface area contributed by atoms with Crippen LogP contribution >= 0.6 is 0 Å². The number of methoxy groups -OCH3 is 2. The lowest BCUT2D eigenvalue weighted by molar-refractivity contribution is 0.0531. The molecule has 3 rings (SSSR count). The van der Waals surface area contributed by atoms with Crippen LogP contribution < -0.4 is 9.47 Å². The zero-order valence-corrected chi connectivity index (χ0v) is 12.8. The molecule has 1 aromatic rings. The van der Waals surface area contributed by atoms with Crippen LogP contribution in [-0.4, -0.2) is 37.9 Å². The fraction of sp³-hybridized carbons (Fsp3) is 0.250. The summed E-state index contributed by atoms with van der Waals surface area (Å²) >= 11 is 0. The van der Waals surface area contributed by atoms with Crippen LogP contribution in [-0.2, 0) is 9.47 Å². The molecule has 1 N–H and O–H groups in total. The zero-order chi connectivity index (χ0) is 16.7. The first-order valence-electron chi connectivity index (χ1n) is 6.77. The molecular weight excluding hydrogens is 304 g/mol. The summed E-state index contributed by atoms with van der Waals surface area (Å²) in [6, 6.07) is 1.36. The van der Waals surface area contributed by atoms with Crippen molar-refractivity contribution in [2.45, 2.75) is 6.92 Å². The highest BCUT2D eigenvalue weighted by atomic mass is 16.5. The molecule has 0 saturated heterocycles. The summed E-state index contributed by atoms with van der Waals surface area (Å²) in [6.07, 6.45) is 1.39. The number of ether oxygens (including phenoxy) is 4. The number of hydrogen-bond donors (Lipinski definition) is 1. The van der Waals surface area contributed by atoms with E-state index in [2.05, 4.69) is 0 Å². The maximum absolute atomic E-state index is 12.2. The van der Waals surface area contributed by atoms with Gasteiger partial charge in [-0.25, -0.2) is 9.59 Å². The molecule has 0 unspecified atom stereocenters. The van der Waals surface area contributed by atoms with Crippen LogP contribution in [0.3, 0.4) is 0 Å². The van der Waals surface area contributed by atoms with Crippen LogP contribution in [0.2, 0.25) is 0 Å². The molecule has 2 aliphatic heterocycles. The smallest absolute Gasteiger partial charge is 0.343 e. The standard InChI is InChI=1S/C16H14O7/c1-7-4-10(17)9-6-22-16(19)13-11(20-2)5-8(15(18)21-3)14(23-7)12(9)13/h4-5,17H,6H2,1-3H3. The van der Waals surface area contributed by atoms with Crippen molar-refractivity contribution in [1.82, 2.24) is 0 Å². The van der Waals surface area contributed by atoms with Crippen molar-refractivity contribution in [2.75, 3.05) is 20.8 Å². The average molecular weight is 318 g/mol. The van der Waals surface area contributed by atoms with Crippen molar-refractivity contribution < 1.29 is 33.6 Å². The summed E-state index contributed by atoms with van der Waals surface area (Å²) in [5, 5.41) is 10.2. The molecule has 0 radical (unpaired) electrons. The molecule has 23 heavy (non-hydrogen) atoms. The topological polar surface area (TPSA) is 91.3 Å². The van der Waals surface area contributed by atoms with Gasteiger partial charge in [0.15, 0.2) is 0 Å². The van der Waals surface area contributed by atoms with Gasteiger partial charge in [0, 0.05) is 17.2 Å². The molecule has 2 aliphatic rings. The largest absolute Gasteiger partial charge is 0.507 e. The predicted octanol–water partition coefficient (Wildman–Crippen LogP) is 2.22. The normalized spacial score (nSPS) is 15.8. The summed E-state index contributed by atoms with van der Waals surface area (Å²) in [5.74, 6) is -0.726. The van der Waals surface area contributed by atoms with Crippen molar-refractivity contribution in [3.8, 4) is 11.5 Å². The second-order valence-corrected chi connectivity index (χ2v) is 4.99. The van der Waals surface area contributed by atoms with Crippen molar-refractivity contribution in [3.05, 3.63) is 40.4 Å². The second-order valence-electron chi connectivity index (χ2n) is 4.99. The molecule has 0 aliphatic carbocycles. The number of rotatable bonds is 2. The molecule has 0 bridgehead atoms. The molecule has 0 amide bonds. The number of esters is 2. The number of hydrogen-bond acceptors (Lipinski definition) is 7. The van der Waals surface area contributed by atoms with Gasteiger partial charge in [0.1, 0.15) is 40.8 Å². The first-order chi connectivity index (χ1) is 11.0. The molecule has 7 heteroatoms. The van der Waals surface area contributed by atoms with Gasteiger partial charge in [0.2, 0.25) is 0 Å². The second kappa shape index (κ2) is 5.35. The van der Waals surface area contributed by atoms with Crippen LogP contribution in [0.25, 0.3) is 5.57 Å². The van der Waals surface area contributed by atoms with Crippen LogP contribution in [0.1, 0.15) is 33.2 Å². The molecule has 1 aromatic carbocycles. The van der Waals surface area contributed by atoms with Gasteiger partial charge in [-0.3, -0.25) is 0 Å². The maximum Gasteiger partial charge on any atom is 0.343 e. The molecule has 0 atom stereocenters. The van der Waals surface area contributed by atoms with E-state index in [4.69, 9.17) is 18.9 Å². The molecule has 0 fully saturated rings. The lowest BCUT2D eigenvalue weighted by Crippen LogP contribution is -2.21. The van der Waals surface area contributed by atoms with E-state index in [-0.39, 0.29) is 40.6 Å². The van der Waals surface area contributed by atoms with Crippen molar-refractivity contribution >= 4 is 17.5 Å². The highest BCUT2D eigenvalue weighted by Crippen LogP contribution is 2.45. The Bertz CT molecular complexity index is 786. The van der Waals surface area contributed by atoms with Gasteiger partial charge in [-0.1, -0.05) is 0 Å². The van der Waals surface area contributed by atoms with E-state index in [0.717, 1.165) is 0 Å². The third kappa shape index (κ3) is 2.21. The summed E-state index contributed by atoms with van der Waals surface area (Å²) in [6.45, 7) is 1.49. The Morgan fingerprint density at radius 2 is 2.04 bits per heavy atom. The maximum atomic E-state index is 12.2. The zero-order valence-electron chi connectivity index (χ0n) is 12.8. The SMILES string of the molecule is COC(=O)c1cc(OC)c2c3c1OC(C)=CC(O)=C3COC2=O. The number of benzene rings is 1. The Kier molecular flexibility index (Phi) is 3.48.